The highest BCUT2D eigenvalue weighted by atomic mass is 16.5. The standard InChI is InChI=1S/C18H24N2O/c1-21-18(14-7-3-2-4-8-14)16(19)15-11-5-9-13-10-6-12-20-17(13)15/h5-6,9-12,14,16,18H,2-4,7-8,19H2,1H3. The van der Waals surface area contributed by atoms with Crippen molar-refractivity contribution in [2.45, 2.75) is 44.2 Å². The van der Waals surface area contributed by atoms with Crippen molar-refractivity contribution in [2.75, 3.05) is 7.11 Å². The summed E-state index contributed by atoms with van der Waals surface area (Å²) in [5, 5.41) is 1.14. The van der Waals surface area contributed by atoms with Gasteiger partial charge in [-0.05, 0) is 30.4 Å². The second kappa shape index (κ2) is 6.54. The lowest BCUT2D eigenvalue weighted by Crippen LogP contribution is -2.36. The number of rotatable bonds is 4. The zero-order valence-electron chi connectivity index (χ0n) is 12.7. The van der Waals surface area contributed by atoms with Crippen LogP contribution in [-0.2, 0) is 4.74 Å². The van der Waals surface area contributed by atoms with Crippen molar-refractivity contribution < 1.29 is 4.74 Å². The number of pyridine rings is 1. The average Bonchev–Trinajstić information content (AvgIpc) is 2.56. The molecule has 1 aliphatic rings. The van der Waals surface area contributed by atoms with Crippen LogP contribution in [0, 0.1) is 5.92 Å². The van der Waals surface area contributed by atoms with Crippen LogP contribution < -0.4 is 5.73 Å². The monoisotopic (exact) mass is 284 g/mol. The van der Waals surface area contributed by atoms with Crippen molar-refractivity contribution in [3.05, 3.63) is 42.1 Å². The molecule has 1 aliphatic carbocycles. The fourth-order valence-corrected chi connectivity index (χ4v) is 3.67. The number of nitrogens with zero attached hydrogens (tertiary/aromatic N) is 1. The Morgan fingerprint density at radius 1 is 1.14 bits per heavy atom. The minimum absolute atomic E-state index is 0.0814. The van der Waals surface area contributed by atoms with E-state index in [1.807, 2.05) is 12.3 Å². The van der Waals surface area contributed by atoms with E-state index in [0.717, 1.165) is 16.5 Å². The van der Waals surface area contributed by atoms with Gasteiger partial charge in [0.2, 0.25) is 0 Å². The number of nitrogens with two attached hydrogens (primary N) is 1. The van der Waals surface area contributed by atoms with Crippen molar-refractivity contribution in [3.8, 4) is 0 Å². The third-order valence-corrected chi connectivity index (χ3v) is 4.76. The lowest BCUT2D eigenvalue weighted by atomic mass is 9.81. The largest absolute Gasteiger partial charge is 0.379 e. The van der Waals surface area contributed by atoms with Gasteiger partial charge in [-0.1, -0.05) is 43.5 Å². The molecule has 1 heterocycles. The first kappa shape index (κ1) is 14.5. The second-order valence-electron chi connectivity index (χ2n) is 6.05. The summed E-state index contributed by atoms with van der Waals surface area (Å²) >= 11 is 0. The third kappa shape index (κ3) is 2.94. The molecule has 0 saturated heterocycles. The van der Waals surface area contributed by atoms with Crippen LogP contribution in [0.3, 0.4) is 0 Å². The molecule has 2 N–H and O–H groups in total. The Morgan fingerprint density at radius 3 is 2.67 bits per heavy atom. The Kier molecular flexibility index (Phi) is 4.51. The van der Waals surface area contributed by atoms with Crippen molar-refractivity contribution >= 4 is 10.9 Å². The van der Waals surface area contributed by atoms with Crippen LogP contribution in [0.25, 0.3) is 10.9 Å². The normalized spacial score (nSPS) is 19.5. The van der Waals surface area contributed by atoms with Crippen molar-refractivity contribution in [1.29, 1.82) is 0 Å². The molecule has 2 aromatic rings. The summed E-state index contributed by atoms with van der Waals surface area (Å²) in [7, 11) is 1.79. The van der Waals surface area contributed by atoms with Gasteiger partial charge in [0.25, 0.3) is 0 Å². The van der Waals surface area contributed by atoms with Gasteiger partial charge in [-0.25, -0.2) is 0 Å². The number of aromatic nitrogens is 1. The molecule has 21 heavy (non-hydrogen) atoms. The predicted molar refractivity (Wildman–Crippen MR) is 86.0 cm³/mol. The van der Waals surface area contributed by atoms with Crippen molar-refractivity contribution in [2.24, 2.45) is 11.7 Å². The van der Waals surface area contributed by atoms with E-state index in [-0.39, 0.29) is 12.1 Å². The topological polar surface area (TPSA) is 48.1 Å². The zero-order valence-corrected chi connectivity index (χ0v) is 12.7. The third-order valence-electron chi connectivity index (χ3n) is 4.76. The van der Waals surface area contributed by atoms with E-state index in [9.17, 15) is 0 Å². The molecule has 1 saturated carbocycles. The van der Waals surface area contributed by atoms with Gasteiger partial charge in [0.1, 0.15) is 0 Å². The van der Waals surface area contributed by atoms with Gasteiger partial charge in [-0.3, -0.25) is 4.98 Å². The molecular weight excluding hydrogens is 260 g/mol. The van der Waals surface area contributed by atoms with E-state index in [2.05, 4.69) is 29.2 Å². The molecule has 3 heteroatoms. The molecule has 2 unspecified atom stereocenters. The smallest absolute Gasteiger partial charge is 0.0792 e. The Bertz CT molecular complexity index is 587. The van der Waals surface area contributed by atoms with Crippen LogP contribution in [0.15, 0.2) is 36.5 Å². The van der Waals surface area contributed by atoms with Crippen LogP contribution in [0.2, 0.25) is 0 Å². The number of methoxy groups -OCH3 is 1. The lowest BCUT2D eigenvalue weighted by molar-refractivity contribution is 0.0175. The fraction of sp³-hybridized carbons (Fsp3) is 0.500. The highest BCUT2D eigenvalue weighted by molar-refractivity contribution is 5.82. The summed E-state index contributed by atoms with van der Waals surface area (Å²) in [4.78, 5) is 4.53. The van der Waals surface area contributed by atoms with Gasteiger partial charge in [0.15, 0.2) is 0 Å². The van der Waals surface area contributed by atoms with Crippen LogP contribution >= 0.6 is 0 Å². The van der Waals surface area contributed by atoms with Crippen LogP contribution in [0.5, 0.6) is 0 Å². The molecule has 3 nitrogen and oxygen atoms in total. The van der Waals surface area contributed by atoms with Gasteiger partial charge >= 0.3 is 0 Å². The van der Waals surface area contributed by atoms with Crippen LogP contribution in [0.4, 0.5) is 0 Å². The van der Waals surface area contributed by atoms with E-state index in [1.54, 1.807) is 7.11 Å². The summed E-state index contributed by atoms with van der Waals surface area (Å²) in [6, 6.07) is 10.2. The SMILES string of the molecule is COC(C1CCCCC1)C(N)c1cccc2cccnc12. The maximum absolute atomic E-state index is 6.58. The maximum Gasteiger partial charge on any atom is 0.0792 e. The van der Waals surface area contributed by atoms with E-state index in [4.69, 9.17) is 10.5 Å². The van der Waals surface area contributed by atoms with Crippen molar-refractivity contribution in [3.63, 3.8) is 0 Å². The van der Waals surface area contributed by atoms with E-state index < -0.39 is 0 Å². The molecule has 0 bridgehead atoms. The first-order chi connectivity index (χ1) is 10.3. The van der Waals surface area contributed by atoms with Gasteiger partial charge in [0.05, 0.1) is 17.7 Å². The van der Waals surface area contributed by atoms with E-state index >= 15 is 0 Å². The number of para-hydroxylation sites is 1. The van der Waals surface area contributed by atoms with Gasteiger partial charge in [-0.2, -0.15) is 0 Å². The number of hydrogen-bond donors (Lipinski definition) is 1. The molecule has 0 amide bonds. The molecule has 0 spiro atoms. The van der Waals surface area contributed by atoms with Gasteiger partial charge in [0, 0.05) is 18.7 Å². The lowest BCUT2D eigenvalue weighted by Gasteiger charge is -2.33. The molecule has 1 aromatic carbocycles. The summed E-state index contributed by atoms with van der Waals surface area (Å²) < 4.78 is 5.80. The van der Waals surface area contributed by atoms with E-state index in [1.165, 1.54) is 32.1 Å². The fourth-order valence-electron chi connectivity index (χ4n) is 3.67. The summed E-state index contributed by atoms with van der Waals surface area (Å²) in [5.74, 6) is 0.567. The molecule has 3 rings (SSSR count). The molecule has 1 aromatic heterocycles. The Morgan fingerprint density at radius 2 is 1.90 bits per heavy atom. The number of benzene rings is 1. The average molecular weight is 284 g/mol. The molecule has 1 fully saturated rings. The number of fused-ring (bicyclic) bond motifs is 1. The van der Waals surface area contributed by atoms with E-state index in [0.29, 0.717) is 5.92 Å². The first-order valence-electron chi connectivity index (χ1n) is 7.93. The maximum atomic E-state index is 6.58. The first-order valence-corrected chi connectivity index (χ1v) is 7.93. The molecule has 112 valence electrons. The summed E-state index contributed by atoms with van der Waals surface area (Å²) in [6.45, 7) is 0. The Balaban J connectivity index is 1.92. The Labute approximate surface area is 126 Å². The van der Waals surface area contributed by atoms with Crippen LogP contribution in [0.1, 0.15) is 43.7 Å². The quantitative estimate of drug-likeness (QED) is 0.928. The number of ether oxygens (including phenoxy) is 1. The predicted octanol–water partition coefficient (Wildman–Crippen LogP) is 3.83. The Hall–Kier alpha value is -1.45. The van der Waals surface area contributed by atoms with Crippen molar-refractivity contribution in [1.82, 2.24) is 4.98 Å². The molecule has 0 aliphatic heterocycles. The summed E-state index contributed by atoms with van der Waals surface area (Å²) in [5.41, 5.74) is 8.69. The summed E-state index contributed by atoms with van der Waals surface area (Å²) in [6.07, 6.45) is 8.31. The number of hydrogen-bond acceptors (Lipinski definition) is 3. The second-order valence-corrected chi connectivity index (χ2v) is 6.05. The minimum atomic E-state index is -0.114. The molecular formula is C18H24N2O. The van der Waals surface area contributed by atoms with Gasteiger partial charge in [-0.15, -0.1) is 0 Å². The minimum Gasteiger partial charge on any atom is -0.379 e. The molecule has 0 radical (unpaired) electrons. The zero-order chi connectivity index (χ0) is 14.7. The highest BCUT2D eigenvalue weighted by Crippen LogP contribution is 2.34. The van der Waals surface area contributed by atoms with Crippen LogP contribution in [-0.4, -0.2) is 18.2 Å². The molecule has 2 atom stereocenters. The highest BCUT2D eigenvalue weighted by Gasteiger charge is 2.30. The van der Waals surface area contributed by atoms with Gasteiger partial charge < -0.3 is 10.5 Å².